The second-order valence-corrected chi connectivity index (χ2v) is 10.4. The molecule has 0 radical (unpaired) electrons. The Kier molecular flexibility index (Phi) is 7.38. The average molecular weight is 571 g/mol. The normalized spacial score (nSPS) is 23.3. The molecule has 0 saturated carbocycles. The van der Waals surface area contributed by atoms with Crippen molar-refractivity contribution in [3.05, 3.63) is 15.6 Å². The number of fused-ring (bicyclic) bond motifs is 1. The number of likely N-dealkylation sites (tertiary alicyclic amines) is 1. The minimum atomic E-state index is -0.914. The lowest BCUT2D eigenvalue weighted by molar-refractivity contribution is 0.141. The number of ether oxygens (including phenoxy) is 3. The first kappa shape index (κ1) is 24.6. The highest BCUT2D eigenvalue weighted by molar-refractivity contribution is 9.10. The average Bonchev–Trinajstić information content (AvgIpc) is 3.52. The van der Waals surface area contributed by atoms with E-state index >= 15 is 0 Å². The first-order chi connectivity index (χ1) is 16.9. The SMILES string of the molecule is CN1CCCC1COc1nc(N2CCN(C(=O)O)CC2)c2cc(Cl)c(Br)c(OC3CCOC3)c2n1. The Morgan fingerprint density at radius 3 is 2.71 bits per heavy atom. The van der Waals surface area contributed by atoms with Crippen molar-refractivity contribution >= 4 is 50.3 Å². The van der Waals surface area contributed by atoms with Crippen LogP contribution in [0.2, 0.25) is 5.02 Å². The number of aromatic nitrogens is 2. The Morgan fingerprint density at radius 1 is 1.26 bits per heavy atom. The molecule has 1 amide bonds. The summed E-state index contributed by atoms with van der Waals surface area (Å²) in [5, 5.41) is 10.6. The number of rotatable bonds is 6. The number of piperazine rings is 1. The number of hydrogen-bond acceptors (Lipinski definition) is 8. The van der Waals surface area contributed by atoms with Gasteiger partial charge >= 0.3 is 12.1 Å². The van der Waals surface area contributed by atoms with Crippen molar-refractivity contribution < 1.29 is 24.1 Å². The molecule has 2 aromatic rings. The third-order valence-corrected chi connectivity index (χ3v) is 8.21. The highest BCUT2D eigenvalue weighted by Gasteiger charge is 2.28. The number of carboxylic acid groups (broad SMARTS) is 1. The number of carbonyl (C=O) groups is 1. The second kappa shape index (κ2) is 10.5. The Hall–Kier alpha value is -2.08. The van der Waals surface area contributed by atoms with Crippen LogP contribution in [0.15, 0.2) is 10.5 Å². The Labute approximate surface area is 217 Å². The van der Waals surface area contributed by atoms with E-state index in [1.807, 2.05) is 6.07 Å². The quantitative estimate of drug-likeness (QED) is 0.559. The van der Waals surface area contributed by atoms with Gasteiger partial charge in [0, 0.05) is 44.0 Å². The molecule has 3 aliphatic rings. The predicted octanol–water partition coefficient (Wildman–Crippen LogP) is 3.49. The fourth-order valence-electron chi connectivity index (χ4n) is 4.80. The molecule has 190 valence electrons. The number of amides is 1. The monoisotopic (exact) mass is 569 g/mol. The summed E-state index contributed by atoms with van der Waals surface area (Å²) in [6, 6.07) is 2.42. The van der Waals surface area contributed by atoms with Gasteiger partial charge in [0.2, 0.25) is 0 Å². The van der Waals surface area contributed by atoms with E-state index in [1.165, 1.54) is 4.90 Å². The minimum absolute atomic E-state index is 0.0954. The Bertz CT molecular complexity index is 1090. The van der Waals surface area contributed by atoms with Crippen LogP contribution in [-0.4, -0.2) is 103 Å². The summed E-state index contributed by atoms with van der Waals surface area (Å²) < 4.78 is 18.6. The lowest BCUT2D eigenvalue weighted by atomic mass is 10.2. The van der Waals surface area contributed by atoms with Crippen molar-refractivity contribution in [2.75, 3.05) is 64.5 Å². The fourth-order valence-corrected chi connectivity index (χ4v) is 5.39. The third kappa shape index (κ3) is 5.23. The summed E-state index contributed by atoms with van der Waals surface area (Å²) in [7, 11) is 2.10. The van der Waals surface area contributed by atoms with Crippen LogP contribution in [0.25, 0.3) is 10.9 Å². The molecule has 3 saturated heterocycles. The zero-order chi connectivity index (χ0) is 24.5. The van der Waals surface area contributed by atoms with Gasteiger partial charge in [-0.2, -0.15) is 9.97 Å². The molecular formula is C23H29BrClN5O5. The highest BCUT2D eigenvalue weighted by atomic mass is 79.9. The summed E-state index contributed by atoms with van der Waals surface area (Å²) in [5.41, 5.74) is 0.605. The molecule has 4 heterocycles. The summed E-state index contributed by atoms with van der Waals surface area (Å²) in [6.45, 7) is 4.49. The zero-order valence-corrected chi connectivity index (χ0v) is 21.9. The van der Waals surface area contributed by atoms with Gasteiger partial charge in [-0.05, 0) is 48.4 Å². The van der Waals surface area contributed by atoms with Crippen molar-refractivity contribution in [3.63, 3.8) is 0 Å². The summed E-state index contributed by atoms with van der Waals surface area (Å²) in [4.78, 5) is 26.7. The van der Waals surface area contributed by atoms with Crippen molar-refractivity contribution in [3.8, 4) is 11.8 Å². The number of benzene rings is 1. The number of likely N-dealkylation sites (N-methyl/N-ethyl adjacent to an activating group) is 1. The maximum Gasteiger partial charge on any atom is 0.407 e. The molecule has 35 heavy (non-hydrogen) atoms. The van der Waals surface area contributed by atoms with Crippen molar-refractivity contribution in [2.45, 2.75) is 31.4 Å². The second-order valence-electron chi connectivity index (χ2n) is 9.18. The van der Waals surface area contributed by atoms with Crippen LogP contribution in [-0.2, 0) is 4.74 Å². The lowest BCUT2D eigenvalue weighted by Gasteiger charge is -2.34. The smallest absolute Gasteiger partial charge is 0.407 e. The number of halogens is 2. The molecule has 1 aromatic carbocycles. The summed E-state index contributed by atoms with van der Waals surface area (Å²) in [5.74, 6) is 1.20. The number of nitrogens with zero attached hydrogens (tertiary/aromatic N) is 5. The maximum atomic E-state index is 11.4. The molecule has 1 N–H and O–H groups in total. The van der Waals surface area contributed by atoms with Gasteiger partial charge in [0.05, 0.1) is 22.7 Å². The summed E-state index contributed by atoms with van der Waals surface area (Å²) in [6.07, 6.45) is 2.00. The van der Waals surface area contributed by atoms with Crippen LogP contribution in [0.1, 0.15) is 19.3 Å². The van der Waals surface area contributed by atoms with Crippen LogP contribution in [0.4, 0.5) is 10.6 Å². The number of hydrogen-bond donors (Lipinski definition) is 1. The molecule has 2 atom stereocenters. The molecule has 1 aromatic heterocycles. The van der Waals surface area contributed by atoms with E-state index in [0.717, 1.165) is 31.2 Å². The van der Waals surface area contributed by atoms with Crippen molar-refractivity contribution in [1.82, 2.24) is 19.8 Å². The van der Waals surface area contributed by atoms with E-state index in [-0.39, 0.29) is 12.1 Å². The van der Waals surface area contributed by atoms with Gasteiger partial charge in [-0.1, -0.05) is 11.6 Å². The van der Waals surface area contributed by atoms with Crippen LogP contribution in [0, 0.1) is 0 Å². The van der Waals surface area contributed by atoms with Crippen LogP contribution >= 0.6 is 27.5 Å². The van der Waals surface area contributed by atoms with Gasteiger partial charge < -0.3 is 34.0 Å². The molecular weight excluding hydrogens is 542 g/mol. The minimum Gasteiger partial charge on any atom is -0.484 e. The third-order valence-electron chi connectivity index (χ3n) is 6.90. The van der Waals surface area contributed by atoms with Crippen LogP contribution in [0.5, 0.6) is 11.8 Å². The molecule has 5 rings (SSSR count). The molecule has 3 fully saturated rings. The predicted molar refractivity (Wildman–Crippen MR) is 135 cm³/mol. The lowest BCUT2D eigenvalue weighted by Crippen LogP contribution is -2.48. The maximum absolute atomic E-state index is 11.4. The van der Waals surface area contributed by atoms with Crippen LogP contribution < -0.4 is 14.4 Å². The molecule has 3 aliphatic heterocycles. The molecule has 12 heteroatoms. The van der Waals surface area contributed by atoms with Crippen molar-refractivity contribution in [2.24, 2.45) is 0 Å². The van der Waals surface area contributed by atoms with Crippen LogP contribution in [0.3, 0.4) is 0 Å². The Balaban J connectivity index is 1.53. The molecule has 0 spiro atoms. The number of anilines is 1. The molecule has 0 bridgehead atoms. The standard InChI is InChI=1S/C23H29BrClN5O5/c1-28-5-2-3-14(28)12-34-22-26-19-16(21(27-22)29-6-8-30(9-7-29)23(31)32)11-17(25)18(24)20(19)35-15-4-10-33-13-15/h11,14-15H,2-10,12-13H2,1H3,(H,31,32). The van der Waals surface area contributed by atoms with E-state index in [1.54, 1.807) is 0 Å². The zero-order valence-electron chi connectivity index (χ0n) is 19.6. The molecule has 2 unspecified atom stereocenters. The fraction of sp³-hybridized carbons (Fsp3) is 0.609. The van der Waals surface area contributed by atoms with Gasteiger partial charge in [-0.15, -0.1) is 0 Å². The topological polar surface area (TPSA) is 100 Å². The van der Waals surface area contributed by atoms with E-state index in [2.05, 4.69) is 32.8 Å². The molecule has 0 aliphatic carbocycles. The van der Waals surface area contributed by atoms with Gasteiger partial charge in [0.15, 0.2) is 5.75 Å². The highest BCUT2D eigenvalue weighted by Crippen LogP contribution is 2.43. The van der Waals surface area contributed by atoms with E-state index in [0.29, 0.717) is 78.6 Å². The van der Waals surface area contributed by atoms with E-state index in [4.69, 9.17) is 35.8 Å². The molecule has 10 nitrogen and oxygen atoms in total. The van der Waals surface area contributed by atoms with Gasteiger partial charge in [-0.25, -0.2) is 4.79 Å². The first-order valence-corrected chi connectivity index (χ1v) is 13.1. The van der Waals surface area contributed by atoms with E-state index in [9.17, 15) is 9.90 Å². The largest absolute Gasteiger partial charge is 0.484 e. The van der Waals surface area contributed by atoms with Gasteiger partial charge in [-0.3, -0.25) is 0 Å². The first-order valence-electron chi connectivity index (χ1n) is 11.9. The van der Waals surface area contributed by atoms with Gasteiger partial charge in [0.1, 0.15) is 24.0 Å². The van der Waals surface area contributed by atoms with Crippen molar-refractivity contribution in [1.29, 1.82) is 0 Å². The van der Waals surface area contributed by atoms with E-state index < -0.39 is 6.09 Å². The Morgan fingerprint density at radius 2 is 2.06 bits per heavy atom. The van der Waals surface area contributed by atoms with Gasteiger partial charge in [0.25, 0.3) is 0 Å². The summed E-state index contributed by atoms with van der Waals surface area (Å²) >= 11 is 10.2.